The average Bonchev–Trinajstić information content (AvgIpc) is 3.79. The second kappa shape index (κ2) is 16.7. The van der Waals surface area contributed by atoms with Crippen molar-refractivity contribution in [3.05, 3.63) is 273 Å². The summed E-state index contributed by atoms with van der Waals surface area (Å²) in [6.45, 7) is -0.120. The number of ether oxygens (including phenoxy) is 1. The van der Waals surface area contributed by atoms with Crippen molar-refractivity contribution in [2.75, 3.05) is 4.81 Å². The minimum Gasteiger partial charge on any atom is -0.458 e. The number of fused-ring (bicyclic) bond motifs is 7. The maximum absolute atomic E-state index is 7.12. The van der Waals surface area contributed by atoms with Gasteiger partial charge in [0.15, 0.2) is 8.07 Å². The zero-order valence-corrected chi connectivity index (χ0v) is 39.9. The van der Waals surface area contributed by atoms with E-state index in [9.17, 15) is 0 Å². The van der Waals surface area contributed by atoms with E-state index < -0.39 is 8.07 Å². The van der Waals surface area contributed by atoms with E-state index in [0.717, 1.165) is 50.7 Å². The van der Waals surface area contributed by atoms with Gasteiger partial charge in [-0.1, -0.05) is 212 Å². The molecule has 3 nitrogen and oxygen atoms in total. The minimum absolute atomic E-state index is 0.120. The van der Waals surface area contributed by atoms with Crippen LogP contribution in [0.5, 0.6) is 11.5 Å². The molecule has 14 rings (SSSR count). The van der Waals surface area contributed by atoms with E-state index in [1.807, 2.05) is 0 Å². The van der Waals surface area contributed by atoms with E-state index >= 15 is 0 Å². The van der Waals surface area contributed by atoms with E-state index in [1.54, 1.807) is 0 Å². The predicted octanol–water partition coefficient (Wildman–Crippen LogP) is 12.5. The van der Waals surface area contributed by atoms with Crippen LogP contribution in [0.1, 0.15) is 0 Å². The molecule has 0 aliphatic carbocycles. The van der Waals surface area contributed by atoms with E-state index in [0.29, 0.717) is 0 Å². The molecule has 5 heteroatoms. The highest BCUT2D eigenvalue weighted by molar-refractivity contribution is 7.20. The third kappa shape index (κ3) is 6.44. The van der Waals surface area contributed by atoms with Crippen molar-refractivity contribution in [3.8, 4) is 50.6 Å². The van der Waals surface area contributed by atoms with Crippen molar-refractivity contribution < 1.29 is 4.74 Å². The molecule has 332 valence electrons. The molecule has 3 heterocycles. The number of para-hydroxylation sites is 5. The van der Waals surface area contributed by atoms with Gasteiger partial charge in [0.2, 0.25) is 0 Å². The first kappa shape index (κ1) is 41.1. The molecule has 71 heavy (non-hydrogen) atoms. The summed E-state index contributed by atoms with van der Waals surface area (Å²) >= 11 is 0. The molecule has 0 radical (unpaired) electrons. The van der Waals surface area contributed by atoms with Crippen LogP contribution in [0.15, 0.2) is 273 Å². The van der Waals surface area contributed by atoms with Gasteiger partial charge in [0, 0.05) is 38.7 Å². The van der Waals surface area contributed by atoms with Crippen LogP contribution in [0.2, 0.25) is 0 Å². The zero-order chi connectivity index (χ0) is 46.9. The molecule has 0 atom stereocenters. The molecular weight excluding hydrogens is 876 g/mol. The fourth-order valence-electron chi connectivity index (χ4n) is 12.0. The summed E-state index contributed by atoms with van der Waals surface area (Å²) in [6.07, 6.45) is 0. The van der Waals surface area contributed by atoms with Gasteiger partial charge in [-0.2, -0.15) is 0 Å². The molecule has 0 bridgehead atoms. The Labute approximate surface area is 415 Å². The smallest absolute Gasteiger partial charge is 0.336 e. The third-order valence-electron chi connectivity index (χ3n) is 15.0. The van der Waals surface area contributed by atoms with Crippen molar-refractivity contribution in [3.63, 3.8) is 0 Å². The second-order valence-electron chi connectivity index (χ2n) is 18.7. The molecule has 2 aliphatic heterocycles. The summed E-state index contributed by atoms with van der Waals surface area (Å²) in [5.41, 5.74) is 15.0. The highest BCUT2D eigenvalue weighted by Gasteiger charge is 2.45. The van der Waals surface area contributed by atoms with Crippen molar-refractivity contribution in [1.29, 1.82) is 0 Å². The van der Waals surface area contributed by atoms with Crippen molar-refractivity contribution in [2.24, 2.45) is 0 Å². The molecule has 0 amide bonds. The van der Waals surface area contributed by atoms with Crippen molar-refractivity contribution >= 4 is 79.8 Å². The quantitative estimate of drug-likeness (QED) is 0.112. The Balaban J connectivity index is 1.01. The summed E-state index contributed by atoms with van der Waals surface area (Å²) < 4.78 is 9.56. The van der Waals surface area contributed by atoms with Gasteiger partial charge in [0.1, 0.15) is 11.5 Å². The number of nitrogens with zero attached hydrogens (tertiary/aromatic N) is 2. The first-order chi connectivity index (χ1) is 35.2. The molecular formula is C66H45BN2OSi. The van der Waals surface area contributed by atoms with Gasteiger partial charge < -0.3 is 14.1 Å². The Morgan fingerprint density at radius 2 is 0.873 bits per heavy atom. The fourth-order valence-corrected chi connectivity index (χ4v) is 16.8. The third-order valence-corrected chi connectivity index (χ3v) is 19.7. The number of anilines is 2. The van der Waals surface area contributed by atoms with Crippen molar-refractivity contribution in [1.82, 2.24) is 4.57 Å². The van der Waals surface area contributed by atoms with Crippen LogP contribution < -0.4 is 41.2 Å². The highest BCUT2D eigenvalue weighted by Crippen LogP contribution is 2.47. The Hall–Kier alpha value is -8.90. The van der Waals surface area contributed by atoms with Crippen LogP contribution in [-0.4, -0.2) is 19.5 Å². The van der Waals surface area contributed by atoms with Gasteiger partial charge in [-0.05, 0) is 109 Å². The SMILES string of the molecule is c1ccc(N2B3c4ccccc4Oc4cc(-c5ccccc5-n5c6ccccc6c6ccccc65)cc(c43)-c3cc(-c4cccc([Si](c5ccccc5)(c5ccccc5)c5ccccc5)c4)ccc32)cc1. The Kier molecular flexibility index (Phi) is 9.65. The molecule has 0 saturated heterocycles. The van der Waals surface area contributed by atoms with Crippen LogP contribution >= 0.6 is 0 Å². The zero-order valence-electron chi connectivity index (χ0n) is 38.9. The Morgan fingerprint density at radius 1 is 0.338 bits per heavy atom. The van der Waals surface area contributed by atoms with Crippen LogP contribution in [0.25, 0.3) is 60.9 Å². The molecule has 0 spiro atoms. The Bertz CT molecular complexity index is 3840. The first-order valence-corrected chi connectivity index (χ1v) is 26.5. The topological polar surface area (TPSA) is 17.4 Å². The number of aromatic nitrogens is 1. The van der Waals surface area contributed by atoms with Gasteiger partial charge in [-0.15, -0.1) is 0 Å². The number of rotatable bonds is 8. The summed E-state index contributed by atoms with van der Waals surface area (Å²) in [5.74, 6) is 1.76. The summed E-state index contributed by atoms with van der Waals surface area (Å²) in [5, 5.41) is 7.89. The maximum Gasteiger partial charge on any atom is 0.336 e. The normalized spacial score (nSPS) is 12.6. The van der Waals surface area contributed by atoms with Crippen LogP contribution in [-0.2, 0) is 0 Å². The second-order valence-corrected chi connectivity index (χ2v) is 22.5. The van der Waals surface area contributed by atoms with E-state index in [-0.39, 0.29) is 6.85 Å². The van der Waals surface area contributed by atoms with E-state index in [4.69, 9.17) is 4.74 Å². The molecule has 0 unspecified atom stereocenters. The summed E-state index contributed by atoms with van der Waals surface area (Å²) in [7, 11) is -2.79. The number of benzene rings is 11. The van der Waals surface area contributed by atoms with E-state index in [2.05, 4.69) is 282 Å². The fraction of sp³-hybridized carbons (Fsp3) is 0. The largest absolute Gasteiger partial charge is 0.458 e. The summed E-state index contributed by atoms with van der Waals surface area (Å²) in [4.78, 5) is 2.53. The first-order valence-electron chi connectivity index (χ1n) is 24.5. The van der Waals surface area contributed by atoms with Crippen LogP contribution in [0, 0.1) is 0 Å². The molecule has 1 aromatic heterocycles. The lowest BCUT2D eigenvalue weighted by Crippen LogP contribution is -2.74. The average molecular weight is 921 g/mol. The van der Waals surface area contributed by atoms with Gasteiger partial charge >= 0.3 is 6.85 Å². The number of hydrogen-bond donors (Lipinski definition) is 0. The molecule has 12 aromatic rings. The molecule has 0 N–H and O–H groups in total. The standard InChI is InChI=1S/C66H45BN2OSi/c1-5-23-49(24-6-1)69-63-41-40-47(46-22-21-31-53(42-46)71(50-25-7-2-8-26-50,51-27-9-3-10-28-51)52-29-11-4-12-30-52)43-57(63)58-44-48(45-65-66(58)67(69)59-35-16-20-39-64(59)70-65)54-32-13-17-36-60(54)68-61-37-18-14-33-55(61)56-34-15-19-38-62(56)68/h1-45H. The van der Waals surface area contributed by atoms with Crippen LogP contribution in [0.4, 0.5) is 11.4 Å². The van der Waals surface area contributed by atoms with Gasteiger partial charge in [0.05, 0.1) is 16.7 Å². The highest BCUT2D eigenvalue weighted by atomic mass is 28.3. The molecule has 2 aliphatic rings. The van der Waals surface area contributed by atoms with Gasteiger partial charge in [-0.3, -0.25) is 0 Å². The lowest BCUT2D eigenvalue weighted by atomic mass is 9.44. The molecule has 11 aromatic carbocycles. The van der Waals surface area contributed by atoms with Crippen molar-refractivity contribution in [2.45, 2.75) is 0 Å². The minimum atomic E-state index is -2.79. The monoisotopic (exact) mass is 920 g/mol. The Morgan fingerprint density at radius 3 is 1.55 bits per heavy atom. The van der Waals surface area contributed by atoms with E-state index in [1.165, 1.54) is 64.7 Å². The van der Waals surface area contributed by atoms with Gasteiger partial charge in [0.25, 0.3) is 0 Å². The number of hydrogen-bond acceptors (Lipinski definition) is 2. The van der Waals surface area contributed by atoms with Crippen LogP contribution in [0.3, 0.4) is 0 Å². The lowest BCUT2D eigenvalue weighted by Gasteiger charge is -2.42. The molecule has 0 saturated carbocycles. The molecule has 0 fully saturated rings. The van der Waals surface area contributed by atoms with Gasteiger partial charge in [-0.25, -0.2) is 0 Å². The summed E-state index contributed by atoms with van der Waals surface area (Å²) in [6, 6.07) is 101. The predicted molar refractivity (Wildman–Crippen MR) is 301 cm³/mol. The lowest BCUT2D eigenvalue weighted by molar-refractivity contribution is 0.487. The maximum atomic E-state index is 7.12.